The zero-order chi connectivity index (χ0) is 29.2. The van der Waals surface area contributed by atoms with Crippen LogP contribution in [-0.4, -0.2) is 6.36 Å². The van der Waals surface area contributed by atoms with Gasteiger partial charge in [0.25, 0.3) is 0 Å². The summed E-state index contributed by atoms with van der Waals surface area (Å²) in [7, 11) is 0. The van der Waals surface area contributed by atoms with Crippen LogP contribution in [0.4, 0.5) is 26.3 Å². The van der Waals surface area contributed by atoms with Gasteiger partial charge in [-0.15, -0.1) is 13.2 Å². The molecule has 0 spiro atoms. The van der Waals surface area contributed by atoms with E-state index in [9.17, 15) is 26.3 Å². The molecule has 1 aliphatic carbocycles. The van der Waals surface area contributed by atoms with Gasteiger partial charge in [-0.2, -0.15) is 8.78 Å². The largest absolute Gasteiger partial charge is 0.573 e. The summed E-state index contributed by atoms with van der Waals surface area (Å²) in [6.45, 7) is 2.32. The monoisotopic (exact) mass is 570 g/mol. The van der Waals surface area contributed by atoms with E-state index in [-0.39, 0.29) is 0 Å². The predicted molar refractivity (Wildman–Crippen MR) is 145 cm³/mol. The van der Waals surface area contributed by atoms with Crippen LogP contribution in [0.3, 0.4) is 0 Å². The van der Waals surface area contributed by atoms with Crippen LogP contribution in [0, 0.1) is 11.7 Å². The molecule has 41 heavy (non-hydrogen) atoms. The van der Waals surface area contributed by atoms with Crippen molar-refractivity contribution >= 4 is 0 Å². The van der Waals surface area contributed by atoms with Crippen LogP contribution in [0.25, 0.3) is 22.3 Å². The van der Waals surface area contributed by atoms with Crippen molar-refractivity contribution in [2.45, 2.75) is 51.0 Å². The average molecular weight is 571 g/mol. The molecule has 0 unspecified atom stereocenters. The van der Waals surface area contributed by atoms with Gasteiger partial charge in [-0.3, -0.25) is 0 Å². The Morgan fingerprint density at radius 1 is 0.610 bits per heavy atom. The molecule has 4 aromatic carbocycles. The lowest BCUT2D eigenvalue weighted by atomic mass is 9.79. The maximum Gasteiger partial charge on any atom is 0.573 e. The number of hydrogen-bond acceptors (Lipinski definition) is 2. The Labute approximate surface area is 234 Å². The fourth-order valence-corrected chi connectivity index (χ4v) is 5.21. The highest BCUT2D eigenvalue weighted by molar-refractivity contribution is 5.70. The van der Waals surface area contributed by atoms with E-state index in [1.54, 1.807) is 0 Å². The molecule has 0 radical (unpaired) electrons. The first kappa shape index (κ1) is 28.6. The second-order valence-corrected chi connectivity index (χ2v) is 10.5. The summed E-state index contributed by atoms with van der Waals surface area (Å²) >= 11 is 0. The number of benzene rings is 4. The Morgan fingerprint density at radius 3 is 1.59 bits per heavy atom. The van der Waals surface area contributed by atoms with Crippen molar-refractivity contribution in [3.05, 3.63) is 108 Å². The predicted octanol–water partition coefficient (Wildman–Crippen LogP) is 10.5. The second kappa shape index (κ2) is 11.5. The molecule has 1 aliphatic rings. The standard InChI is InChI=1S/C33H28F6O2/c1-21-2-4-22(5-3-21)23-6-8-24(9-7-23)25-10-12-26(13-11-25)27-14-16-28(17-15-27)32(35,36)40-29-18-19-31(30(34)20-29)41-33(37,38)39/h6-22H,2-5H2,1H3. The van der Waals surface area contributed by atoms with Crippen LogP contribution >= 0.6 is 0 Å². The van der Waals surface area contributed by atoms with Gasteiger partial charge in [-0.25, -0.2) is 4.39 Å². The summed E-state index contributed by atoms with van der Waals surface area (Å²) < 4.78 is 88.4. The van der Waals surface area contributed by atoms with Gasteiger partial charge in [0, 0.05) is 6.07 Å². The van der Waals surface area contributed by atoms with Crippen LogP contribution in [0.5, 0.6) is 11.5 Å². The van der Waals surface area contributed by atoms with Gasteiger partial charge < -0.3 is 9.47 Å². The molecule has 8 heteroatoms. The molecule has 0 N–H and O–H groups in total. The molecule has 0 aromatic heterocycles. The summed E-state index contributed by atoms with van der Waals surface area (Å²) in [6, 6.07) is 23.7. The van der Waals surface area contributed by atoms with Crippen LogP contribution < -0.4 is 9.47 Å². The molecule has 0 saturated heterocycles. The summed E-state index contributed by atoms with van der Waals surface area (Å²) in [5.41, 5.74) is 4.58. The first-order valence-corrected chi connectivity index (χ1v) is 13.4. The number of halogens is 6. The van der Waals surface area contributed by atoms with E-state index in [0.29, 0.717) is 23.6 Å². The van der Waals surface area contributed by atoms with Crippen LogP contribution in [0.2, 0.25) is 0 Å². The fraction of sp³-hybridized carbons (Fsp3) is 0.273. The molecular formula is C33H28F6O2. The van der Waals surface area contributed by atoms with E-state index in [4.69, 9.17) is 0 Å². The van der Waals surface area contributed by atoms with E-state index in [0.717, 1.165) is 28.7 Å². The fourth-order valence-electron chi connectivity index (χ4n) is 5.21. The van der Waals surface area contributed by atoms with E-state index >= 15 is 0 Å². The molecule has 2 nitrogen and oxygen atoms in total. The molecule has 0 amide bonds. The smallest absolute Gasteiger partial charge is 0.429 e. The minimum atomic E-state index is -5.12. The third kappa shape index (κ3) is 7.04. The quantitative estimate of drug-likeness (QED) is 0.206. The number of hydrogen-bond donors (Lipinski definition) is 0. The van der Waals surface area contributed by atoms with Crippen molar-refractivity contribution < 1.29 is 35.8 Å². The Bertz CT molecular complexity index is 1450. The van der Waals surface area contributed by atoms with Crippen LogP contribution in [0.15, 0.2) is 91.0 Å². The highest BCUT2D eigenvalue weighted by atomic mass is 19.4. The lowest BCUT2D eigenvalue weighted by molar-refractivity contribution is -0.275. The zero-order valence-electron chi connectivity index (χ0n) is 22.2. The molecule has 1 saturated carbocycles. The first-order valence-electron chi connectivity index (χ1n) is 13.4. The summed E-state index contributed by atoms with van der Waals surface area (Å²) in [5.74, 6) is -1.84. The van der Waals surface area contributed by atoms with Gasteiger partial charge in [0.05, 0.1) is 5.56 Å². The molecule has 4 aromatic rings. The number of alkyl halides is 5. The number of ether oxygens (including phenoxy) is 2. The minimum Gasteiger partial charge on any atom is -0.429 e. The van der Waals surface area contributed by atoms with Crippen molar-refractivity contribution in [3.8, 4) is 33.8 Å². The number of rotatable bonds is 7. The van der Waals surface area contributed by atoms with Crippen molar-refractivity contribution in [1.82, 2.24) is 0 Å². The van der Waals surface area contributed by atoms with Gasteiger partial charge in [0.1, 0.15) is 5.75 Å². The lowest BCUT2D eigenvalue weighted by Crippen LogP contribution is -2.22. The molecule has 0 aliphatic heterocycles. The first-order chi connectivity index (χ1) is 19.5. The topological polar surface area (TPSA) is 18.5 Å². The lowest BCUT2D eigenvalue weighted by Gasteiger charge is -2.26. The summed E-state index contributed by atoms with van der Waals surface area (Å²) in [6.07, 6.45) is -3.96. The zero-order valence-corrected chi connectivity index (χ0v) is 22.2. The van der Waals surface area contributed by atoms with Crippen molar-refractivity contribution in [2.75, 3.05) is 0 Å². The Balaban J connectivity index is 1.24. The van der Waals surface area contributed by atoms with E-state index in [1.807, 2.05) is 24.3 Å². The molecule has 1 fully saturated rings. The molecule has 214 valence electrons. The third-order valence-electron chi connectivity index (χ3n) is 7.55. The summed E-state index contributed by atoms with van der Waals surface area (Å²) in [5, 5.41) is 0. The van der Waals surface area contributed by atoms with Crippen molar-refractivity contribution in [2.24, 2.45) is 5.92 Å². The molecule has 0 bridgehead atoms. The minimum absolute atomic E-state index is 0.412. The highest BCUT2D eigenvalue weighted by Crippen LogP contribution is 2.37. The van der Waals surface area contributed by atoms with E-state index in [2.05, 4.69) is 40.7 Å². The Hall–Kier alpha value is -3.94. The SMILES string of the molecule is CC1CCC(c2ccc(-c3ccc(-c4ccc(C(F)(F)Oc5ccc(OC(F)(F)F)c(F)c5)cc4)cc3)cc2)CC1. The van der Waals surface area contributed by atoms with E-state index < -0.39 is 35.4 Å². The van der Waals surface area contributed by atoms with Gasteiger partial charge in [0.2, 0.25) is 0 Å². The second-order valence-electron chi connectivity index (χ2n) is 10.5. The van der Waals surface area contributed by atoms with Gasteiger partial charge in [0.15, 0.2) is 11.6 Å². The van der Waals surface area contributed by atoms with E-state index in [1.165, 1.54) is 55.5 Å². The molecular weight excluding hydrogens is 542 g/mol. The Kier molecular flexibility index (Phi) is 8.02. The normalized spacial score (nSPS) is 17.7. The molecule has 0 atom stereocenters. The maximum atomic E-state index is 14.7. The van der Waals surface area contributed by atoms with Crippen molar-refractivity contribution in [1.29, 1.82) is 0 Å². The highest BCUT2D eigenvalue weighted by Gasteiger charge is 2.36. The maximum absolute atomic E-state index is 14.7. The Morgan fingerprint density at radius 2 is 1.10 bits per heavy atom. The van der Waals surface area contributed by atoms with Gasteiger partial charge >= 0.3 is 12.5 Å². The average Bonchev–Trinajstić information content (AvgIpc) is 2.94. The van der Waals surface area contributed by atoms with Crippen LogP contribution in [0.1, 0.15) is 49.7 Å². The van der Waals surface area contributed by atoms with Crippen LogP contribution in [-0.2, 0) is 6.11 Å². The molecule has 5 rings (SSSR count). The third-order valence-corrected chi connectivity index (χ3v) is 7.55. The molecule has 0 heterocycles. The van der Waals surface area contributed by atoms with Gasteiger partial charge in [-0.05, 0) is 76.8 Å². The van der Waals surface area contributed by atoms with Crippen molar-refractivity contribution in [3.63, 3.8) is 0 Å². The summed E-state index contributed by atoms with van der Waals surface area (Å²) in [4.78, 5) is 0. The van der Waals surface area contributed by atoms with Gasteiger partial charge in [-0.1, -0.05) is 80.4 Å².